The molecule has 0 spiro atoms. The Hall–Kier alpha value is -2.21. The van der Waals surface area contributed by atoms with Crippen LogP contribution in [0.5, 0.6) is 0 Å². The fourth-order valence-electron chi connectivity index (χ4n) is 1.81. The van der Waals surface area contributed by atoms with Crippen LogP contribution >= 0.6 is 15.9 Å². The zero-order valence-electron chi connectivity index (χ0n) is 11.0. The fraction of sp³-hybridized carbons (Fsp3) is 0.0667. The lowest BCUT2D eigenvalue weighted by Gasteiger charge is -2.10. The van der Waals surface area contributed by atoms with E-state index in [1.54, 1.807) is 13.0 Å². The molecule has 0 radical (unpaired) electrons. The van der Waals surface area contributed by atoms with Gasteiger partial charge in [0, 0.05) is 0 Å². The van der Waals surface area contributed by atoms with Crippen LogP contribution in [-0.4, -0.2) is 17.0 Å². The van der Waals surface area contributed by atoms with Gasteiger partial charge in [0.15, 0.2) is 0 Å². The highest BCUT2D eigenvalue weighted by atomic mass is 79.9. The third-order valence-electron chi connectivity index (χ3n) is 2.85. The van der Waals surface area contributed by atoms with Crippen LogP contribution in [0.1, 0.15) is 26.3 Å². The van der Waals surface area contributed by atoms with Crippen molar-refractivity contribution in [2.45, 2.75) is 6.92 Å². The lowest BCUT2D eigenvalue weighted by molar-refractivity contribution is 0.0698. The van der Waals surface area contributed by atoms with Gasteiger partial charge in [-0.15, -0.1) is 0 Å². The summed E-state index contributed by atoms with van der Waals surface area (Å²) < 4.78 is 13.5. The van der Waals surface area contributed by atoms with E-state index in [0.29, 0.717) is 0 Å². The number of aryl methyl sites for hydroxylation is 1. The van der Waals surface area contributed by atoms with E-state index in [1.165, 1.54) is 30.3 Å². The molecule has 0 fully saturated rings. The summed E-state index contributed by atoms with van der Waals surface area (Å²) in [6.45, 7) is 1.75. The van der Waals surface area contributed by atoms with Crippen LogP contribution in [0.25, 0.3) is 0 Å². The van der Waals surface area contributed by atoms with Gasteiger partial charge in [-0.25, -0.2) is 9.18 Å². The summed E-state index contributed by atoms with van der Waals surface area (Å²) in [5.41, 5.74) is 0.995. The third kappa shape index (κ3) is 3.28. The number of benzene rings is 2. The Bertz CT molecular complexity index is 731. The van der Waals surface area contributed by atoms with E-state index in [0.717, 1.165) is 5.56 Å². The molecule has 0 saturated heterocycles. The van der Waals surface area contributed by atoms with Crippen molar-refractivity contribution in [3.05, 3.63) is 63.4 Å². The van der Waals surface area contributed by atoms with Crippen molar-refractivity contribution in [3.8, 4) is 0 Å². The number of hydrogen-bond donors (Lipinski definition) is 2. The monoisotopic (exact) mass is 351 g/mol. The van der Waals surface area contributed by atoms with Crippen LogP contribution in [0.3, 0.4) is 0 Å². The number of hydrogen-bond acceptors (Lipinski definition) is 2. The molecule has 0 aliphatic carbocycles. The lowest BCUT2D eigenvalue weighted by atomic mass is 10.1. The zero-order chi connectivity index (χ0) is 15.6. The number of carboxylic acid groups (broad SMARTS) is 1. The Kier molecular flexibility index (Phi) is 4.37. The predicted octanol–water partition coefficient (Wildman–Crippen LogP) is 3.85. The standard InChI is InChI=1S/C15H11BrFNO3/c1-8-5-6-12(10(7-8)15(20)21)18-14(19)9-3-2-4-11(17)13(9)16/h2-7H,1H3,(H,18,19)(H,20,21). The maximum absolute atomic E-state index is 13.4. The number of carbonyl (C=O) groups excluding carboxylic acids is 1. The summed E-state index contributed by atoms with van der Waals surface area (Å²) in [7, 11) is 0. The maximum atomic E-state index is 13.4. The van der Waals surface area contributed by atoms with E-state index >= 15 is 0 Å². The highest BCUT2D eigenvalue weighted by molar-refractivity contribution is 9.10. The van der Waals surface area contributed by atoms with Crippen LogP contribution < -0.4 is 5.32 Å². The first kappa shape index (κ1) is 15.2. The number of rotatable bonds is 3. The number of anilines is 1. The largest absolute Gasteiger partial charge is 0.478 e. The summed E-state index contributed by atoms with van der Waals surface area (Å²) in [6, 6.07) is 8.71. The Morgan fingerprint density at radius 2 is 1.90 bits per heavy atom. The first-order valence-electron chi connectivity index (χ1n) is 5.99. The predicted molar refractivity (Wildman–Crippen MR) is 80.2 cm³/mol. The van der Waals surface area contributed by atoms with Gasteiger partial charge in [-0.05, 0) is 47.1 Å². The molecular formula is C15H11BrFNO3. The molecule has 2 rings (SSSR count). The van der Waals surface area contributed by atoms with Gasteiger partial charge in [0.25, 0.3) is 5.91 Å². The number of nitrogens with one attached hydrogen (secondary N) is 1. The smallest absolute Gasteiger partial charge is 0.337 e. The first-order chi connectivity index (χ1) is 9.90. The summed E-state index contributed by atoms with van der Waals surface area (Å²) in [4.78, 5) is 23.3. The van der Waals surface area contributed by atoms with E-state index in [4.69, 9.17) is 5.11 Å². The lowest BCUT2D eigenvalue weighted by Crippen LogP contribution is -2.15. The number of carboxylic acids is 1. The normalized spacial score (nSPS) is 10.2. The zero-order valence-corrected chi connectivity index (χ0v) is 12.6. The summed E-state index contributed by atoms with van der Waals surface area (Å²) >= 11 is 3.00. The number of aromatic carboxylic acids is 1. The van der Waals surface area contributed by atoms with Crippen molar-refractivity contribution in [1.82, 2.24) is 0 Å². The van der Waals surface area contributed by atoms with E-state index in [2.05, 4.69) is 21.2 Å². The minimum absolute atomic E-state index is 0.0177. The van der Waals surface area contributed by atoms with Crippen molar-refractivity contribution in [3.63, 3.8) is 0 Å². The summed E-state index contributed by atoms with van der Waals surface area (Å²) in [6.07, 6.45) is 0. The summed E-state index contributed by atoms with van der Waals surface area (Å²) in [5, 5.41) is 11.6. The highest BCUT2D eigenvalue weighted by Gasteiger charge is 2.16. The molecule has 2 aromatic rings. The molecule has 21 heavy (non-hydrogen) atoms. The van der Waals surface area contributed by atoms with Gasteiger partial charge in [-0.1, -0.05) is 17.7 Å². The van der Waals surface area contributed by atoms with Gasteiger partial charge >= 0.3 is 5.97 Å². The second-order valence-corrected chi connectivity index (χ2v) is 5.20. The van der Waals surface area contributed by atoms with E-state index < -0.39 is 17.7 Å². The molecule has 0 aliphatic rings. The Morgan fingerprint density at radius 3 is 2.57 bits per heavy atom. The van der Waals surface area contributed by atoms with Crippen molar-refractivity contribution < 1.29 is 19.1 Å². The number of carbonyl (C=O) groups is 2. The first-order valence-corrected chi connectivity index (χ1v) is 6.78. The van der Waals surface area contributed by atoms with Crippen molar-refractivity contribution in [2.75, 3.05) is 5.32 Å². The van der Waals surface area contributed by atoms with Crippen LogP contribution in [0.2, 0.25) is 0 Å². The average Bonchev–Trinajstić information content (AvgIpc) is 2.43. The second kappa shape index (κ2) is 6.05. The molecule has 6 heteroatoms. The molecular weight excluding hydrogens is 341 g/mol. The minimum atomic E-state index is -1.15. The second-order valence-electron chi connectivity index (χ2n) is 4.41. The SMILES string of the molecule is Cc1ccc(NC(=O)c2cccc(F)c2Br)c(C(=O)O)c1. The third-order valence-corrected chi connectivity index (χ3v) is 3.66. The van der Waals surface area contributed by atoms with Crippen molar-refractivity contribution >= 4 is 33.5 Å². The van der Waals surface area contributed by atoms with Gasteiger partial charge in [-0.3, -0.25) is 4.79 Å². The maximum Gasteiger partial charge on any atom is 0.337 e. The molecule has 0 aromatic heterocycles. The van der Waals surface area contributed by atoms with Gasteiger partial charge in [0.1, 0.15) is 5.82 Å². The molecule has 108 valence electrons. The molecule has 0 atom stereocenters. The van der Waals surface area contributed by atoms with Crippen LogP contribution in [0.15, 0.2) is 40.9 Å². The molecule has 0 saturated carbocycles. The topological polar surface area (TPSA) is 66.4 Å². The number of halogens is 2. The van der Waals surface area contributed by atoms with Crippen LogP contribution in [-0.2, 0) is 0 Å². The Morgan fingerprint density at radius 1 is 1.19 bits per heavy atom. The van der Waals surface area contributed by atoms with Crippen LogP contribution in [0, 0.1) is 12.7 Å². The van der Waals surface area contributed by atoms with E-state index in [-0.39, 0.29) is 21.3 Å². The fourth-order valence-corrected chi connectivity index (χ4v) is 2.26. The quantitative estimate of drug-likeness (QED) is 0.882. The van der Waals surface area contributed by atoms with E-state index in [9.17, 15) is 14.0 Å². The molecule has 0 bridgehead atoms. The molecule has 0 aliphatic heterocycles. The highest BCUT2D eigenvalue weighted by Crippen LogP contribution is 2.23. The molecule has 2 aromatic carbocycles. The summed E-state index contributed by atoms with van der Waals surface area (Å²) in [5.74, 6) is -2.30. The molecule has 1 amide bonds. The average molecular weight is 352 g/mol. The number of amides is 1. The molecule has 0 heterocycles. The van der Waals surface area contributed by atoms with Crippen LogP contribution in [0.4, 0.5) is 10.1 Å². The van der Waals surface area contributed by atoms with Crippen molar-refractivity contribution in [2.24, 2.45) is 0 Å². The molecule has 4 nitrogen and oxygen atoms in total. The molecule has 2 N–H and O–H groups in total. The van der Waals surface area contributed by atoms with Gasteiger partial charge in [0.2, 0.25) is 0 Å². The minimum Gasteiger partial charge on any atom is -0.478 e. The van der Waals surface area contributed by atoms with Gasteiger partial charge in [-0.2, -0.15) is 0 Å². The Labute approximate surface area is 128 Å². The van der Waals surface area contributed by atoms with E-state index in [1.807, 2.05) is 0 Å². The van der Waals surface area contributed by atoms with Crippen molar-refractivity contribution in [1.29, 1.82) is 0 Å². The molecule has 0 unspecified atom stereocenters. The van der Waals surface area contributed by atoms with Gasteiger partial charge < -0.3 is 10.4 Å². The Balaban J connectivity index is 2.36. The van der Waals surface area contributed by atoms with Gasteiger partial charge in [0.05, 0.1) is 21.3 Å².